The normalized spacial score (nSPS) is 10.1. The maximum atomic E-state index is 11.8. The highest BCUT2D eigenvalue weighted by Gasteiger charge is 2.16. The number of nitrogen functional groups attached to an aromatic ring is 2. The molecule has 2 amide bonds. The number of hydrogen-bond donors (Lipinski definition) is 4. The van der Waals surface area contributed by atoms with Crippen molar-refractivity contribution in [3.8, 4) is 0 Å². The maximum Gasteiger partial charge on any atom is 0.265 e. The number of carbonyl (C=O) groups is 2. The Bertz CT molecular complexity index is 722. The summed E-state index contributed by atoms with van der Waals surface area (Å²) in [6.45, 7) is 4.05. The molecule has 0 saturated carbocycles. The van der Waals surface area contributed by atoms with Crippen LogP contribution in [-0.2, 0) is 6.54 Å². The molecule has 0 aliphatic carbocycles. The first-order valence-electron chi connectivity index (χ1n) is 6.43. The van der Waals surface area contributed by atoms with E-state index < -0.39 is 11.8 Å². The fourth-order valence-corrected chi connectivity index (χ4v) is 2.06. The van der Waals surface area contributed by atoms with Gasteiger partial charge in [0.2, 0.25) is 6.33 Å². The second kappa shape index (κ2) is 6.66. The minimum atomic E-state index is -0.436. The molecule has 0 fully saturated rings. The number of imidazole rings is 1. The summed E-state index contributed by atoms with van der Waals surface area (Å²) in [7, 11) is 0. The van der Waals surface area contributed by atoms with E-state index in [-0.39, 0.29) is 0 Å². The van der Waals surface area contributed by atoms with Crippen LogP contribution in [0, 0.1) is 0 Å². The van der Waals surface area contributed by atoms with Gasteiger partial charge in [-0.2, -0.15) is 0 Å². The third kappa shape index (κ3) is 3.19. The minimum absolute atomic E-state index is 0.356. The standard InChI is InChI=1S/C14H16N6O2/c1-2-19-5-6-20(9-19)8-11-7-10(13(21)17-15)3-4-12(11)14(22)18-16/h2-7,9H,1,8H2,(H5-,15,16,17,18,21,22)/p+1. The zero-order chi connectivity index (χ0) is 16.1. The molecule has 8 nitrogen and oxygen atoms in total. The number of rotatable bonds is 5. The predicted octanol–water partition coefficient (Wildman–Crippen LogP) is -0.869. The molecule has 0 saturated heterocycles. The summed E-state index contributed by atoms with van der Waals surface area (Å²) in [6.07, 6.45) is 7.07. The average molecular weight is 301 g/mol. The third-order valence-corrected chi connectivity index (χ3v) is 3.15. The van der Waals surface area contributed by atoms with Crippen molar-refractivity contribution in [1.29, 1.82) is 0 Å². The second-order valence-corrected chi connectivity index (χ2v) is 4.53. The Kier molecular flexibility index (Phi) is 4.66. The first-order valence-corrected chi connectivity index (χ1v) is 6.43. The first-order chi connectivity index (χ1) is 10.6. The number of amides is 2. The van der Waals surface area contributed by atoms with E-state index in [9.17, 15) is 9.59 Å². The van der Waals surface area contributed by atoms with Gasteiger partial charge in [-0.25, -0.2) is 20.8 Å². The lowest BCUT2D eigenvalue weighted by atomic mass is 10.0. The van der Waals surface area contributed by atoms with Crippen molar-refractivity contribution in [1.82, 2.24) is 15.4 Å². The quantitative estimate of drug-likeness (QED) is 0.248. The van der Waals surface area contributed by atoms with Gasteiger partial charge in [0.1, 0.15) is 18.9 Å². The summed E-state index contributed by atoms with van der Waals surface area (Å²) < 4.78 is 3.60. The van der Waals surface area contributed by atoms with Crippen LogP contribution in [0.5, 0.6) is 0 Å². The van der Waals surface area contributed by atoms with Crippen molar-refractivity contribution in [2.24, 2.45) is 11.7 Å². The highest BCUT2D eigenvalue weighted by molar-refractivity contribution is 5.98. The number of carbonyl (C=O) groups excluding carboxylic acids is 2. The largest absolute Gasteiger partial charge is 0.290 e. The van der Waals surface area contributed by atoms with Gasteiger partial charge >= 0.3 is 0 Å². The van der Waals surface area contributed by atoms with Crippen molar-refractivity contribution in [3.05, 3.63) is 60.2 Å². The van der Waals surface area contributed by atoms with Crippen LogP contribution in [0.25, 0.3) is 6.20 Å². The van der Waals surface area contributed by atoms with Crippen LogP contribution < -0.4 is 27.1 Å². The van der Waals surface area contributed by atoms with Gasteiger partial charge in [0.25, 0.3) is 11.8 Å². The summed E-state index contributed by atoms with van der Waals surface area (Å²) in [6, 6.07) is 4.65. The lowest BCUT2D eigenvalue weighted by Crippen LogP contribution is -2.36. The molecule has 1 aromatic heterocycles. The number of hydrazine groups is 2. The SMILES string of the molecule is C=Cn1cc[n+](Cc2cc(C(=O)NN)ccc2C(=O)NN)c1. The van der Waals surface area contributed by atoms with Crippen LogP contribution in [0.1, 0.15) is 26.3 Å². The number of hydrogen-bond acceptors (Lipinski definition) is 4. The van der Waals surface area contributed by atoms with E-state index in [1.165, 1.54) is 12.1 Å². The molecule has 0 aliphatic rings. The second-order valence-electron chi connectivity index (χ2n) is 4.53. The lowest BCUT2D eigenvalue weighted by Gasteiger charge is -2.09. The highest BCUT2D eigenvalue weighted by atomic mass is 16.2. The molecular formula is C14H17N6O2+. The van der Waals surface area contributed by atoms with E-state index in [0.717, 1.165) is 0 Å². The molecule has 8 heteroatoms. The topological polar surface area (TPSA) is 119 Å². The van der Waals surface area contributed by atoms with Gasteiger partial charge in [-0.05, 0) is 18.2 Å². The molecule has 1 aromatic carbocycles. The Morgan fingerprint density at radius 3 is 2.59 bits per heavy atom. The predicted molar refractivity (Wildman–Crippen MR) is 79.9 cm³/mol. The molecule has 22 heavy (non-hydrogen) atoms. The fourth-order valence-electron chi connectivity index (χ4n) is 2.06. The summed E-state index contributed by atoms with van der Waals surface area (Å²) in [4.78, 5) is 23.5. The lowest BCUT2D eigenvalue weighted by molar-refractivity contribution is -0.687. The summed E-state index contributed by atoms with van der Waals surface area (Å²) in [5.41, 5.74) is 5.53. The van der Waals surface area contributed by atoms with Crippen LogP contribution >= 0.6 is 0 Å². The Morgan fingerprint density at radius 2 is 2.00 bits per heavy atom. The maximum absolute atomic E-state index is 11.8. The van der Waals surface area contributed by atoms with Gasteiger partial charge in [0.15, 0.2) is 0 Å². The summed E-state index contributed by atoms with van der Waals surface area (Å²) in [5, 5.41) is 0. The number of nitrogens with two attached hydrogens (primary N) is 2. The van der Waals surface area contributed by atoms with Crippen LogP contribution in [0.4, 0.5) is 0 Å². The third-order valence-electron chi connectivity index (χ3n) is 3.15. The van der Waals surface area contributed by atoms with E-state index in [4.69, 9.17) is 11.7 Å². The van der Waals surface area contributed by atoms with Crippen molar-refractivity contribution < 1.29 is 14.2 Å². The molecule has 0 spiro atoms. The van der Waals surface area contributed by atoms with Crippen molar-refractivity contribution in [3.63, 3.8) is 0 Å². The number of nitrogens with zero attached hydrogens (tertiary/aromatic N) is 2. The Morgan fingerprint density at radius 1 is 1.27 bits per heavy atom. The van der Waals surface area contributed by atoms with Gasteiger partial charge in [0, 0.05) is 16.7 Å². The summed E-state index contributed by atoms with van der Waals surface area (Å²) >= 11 is 0. The van der Waals surface area contributed by atoms with E-state index in [1.807, 2.05) is 17.0 Å². The van der Waals surface area contributed by atoms with Gasteiger partial charge in [0.05, 0.1) is 6.20 Å². The van der Waals surface area contributed by atoms with Gasteiger partial charge < -0.3 is 0 Å². The monoisotopic (exact) mass is 301 g/mol. The van der Waals surface area contributed by atoms with Crippen molar-refractivity contribution in [2.45, 2.75) is 6.54 Å². The van der Waals surface area contributed by atoms with Crippen molar-refractivity contribution in [2.75, 3.05) is 0 Å². The molecule has 2 rings (SSSR count). The molecule has 0 unspecified atom stereocenters. The smallest absolute Gasteiger partial charge is 0.265 e. The molecule has 0 atom stereocenters. The Hall–Kier alpha value is -2.97. The van der Waals surface area contributed by atoms with Crippen LogP contribution in [-0.4, -0.2) is 16.4 Å². The average Bonchev–Trinajstić information content (AvgIpc) is 3.01. The number of aromatic nitrogens is 2. The molecule has 0 radical (unpaired) electrons. The van der Waals surface area contributed by atoms with Crippen LogP contribution in [0.2, 0.25) is 0 Å². The van der Waals surface area contributed by atoms with Gasteiger partial charge in [-0.1, -0.05) is 6.58 Å². The molecule has 1 heterocycles. The van der Waals surface area contributed by atoms with E-state index >= 15 is 0 Å². The Labute approximate surface area is 127 Å². The Balaban J connectivity index is 2.41. The summed E-state index contributed by atoms with van der Waals surface area (Å²) in [5.74, 6) is 9.46. The van der Waals surface area contributed by atoms with E-state index in [0.29, 0.717) is 23.2 Å². The fraction of sp³-hybridized carbons (Fsp3) is 0.0714. The number of nitrogens with one attached hydrogen (secondary N) is 2. The zero-order valence-electron chi connectivity index (χ0n) is 11.8. The van der Waals surface area contributed by atoms with Gasteiger partial charge in [-0.3, -0.25) is 20.4 Å². The first kappa shape index (κ1) is 15.4. The molecule has 0 aliphatic heterocycles. The number of benzene rings is 1. The van der Waals surface area contributed by atoms with Crippen molar-refractivity contribution >= 4 is 18.0 Å². The molecular weight excluding hydrogens is 284 g/mol. The zero-order valence-corrected chi connectivity index (χ0v) is 11.8. The van der Waals surface area contributed by atoms with Gasteiger partial charge in [-0.15, -0.1) is 0 Å². The van der Waals surface area contributed by atoms with Crippen LogP contribution in [0.3, 0.4) is 0 Å². The minimum Gasteiger partial charge on any atom is -0.290 e. The molecule has 2 aromatic rings. The van der Waals surface area contributed by atoms with E-state index in [2.05, 4.69) is 17.4 Å². The van der Waals surface area contributed by atoms with Crippen LogP contribution in [0.15, 0.2) is 43.5 Å². The molecule has 114 valence electrons. The molecule has 6 N–H and O–H groups in total. The highest BCUT2D eigenvalue weighted by Crippen LogP contribution is 2.12. The van der Waals surface area contributed by atoms with E-state index in [1.54, 1.807) is 23.2 Å². The molecule has 0 bridgehead atoms.